The van der Waals surface area contributed by atoms with E-state index in [1.54, 1.807) is 6.20 Å². The van der Waals surface area contributed by atoms with Crippen LogP contribution in [0.3, 0.4) is 0 Å². The van der Waals surface area contributed by atoms with E-state index >= 15 is 0 Å². The maximum Gasteiger partial charge on any atom is 0.0300 e. The first-order valence-corrected chi connectivity index (χ1v) is 5.64. The summed E-state index contributed by atoms with van der Waals surface area (Å²) in [5, 5.41) is 3.41. The number of hydrogen-bond donors (Lipinski definition) is 2. The fourth-order valence-corrected chi connectivity index (χ4v) is 1.45. The molecular formula is C12H21N3. The van der Waals surface area contributed by atoms with Gasteiger partial charge in [0.1, 0.15) is 0 Å². The second-order valence-electron chi connectivity index (χ2n) is 3.98. The van der Waals surface area contributed by atoms with Crippen LogP contribution in [0, 0.1) is 0 Å². The van der Waals surface area contributed by atoms with Crippen LogP contribution in [0.15, 0.2) is 24.5 Å². The highest BCUT2D eigenvalue weighted by Crippen LogP contribution is 1.96. The molecule has 0 radical (unpaired) electrons. The number of aromatic nitrogens is 1. The summed E-state index contributed by atoms with van der Waals surface area (Å²) >= 11 is 0. The Bertz CT molecular complexity index is 246. The van der Waals surface area contributed by atoms with E-state index in [1.807, 2.05) is 12.3 Å². The first-order valence-electron chi connectivity index (χ1n) is 5.64. The highest BCUT2D eigenvalue weighted by atomic mass is 14.8. The fraction of sp³-hybridized carbons (Fsp3) is 0.583. The van der Waals surface area contributed by atoms with Crippen molar-refractivity contribution in [2.75, 3.05) is 13.1 Å². The SMILES string of the molecule is CC(N)CCCNCCc1cccnc1. The lowest BCUT2D eigenvalue weighted by Gasteiger charge is -2.06. The van der Waals surface area contributed by atoms with Gasteiger partial charge < -0.3 is 11.1 Å². The summed E-state index contributed by atoms with van der Waals surface area (Å²) in [6, 6.07) is 4.41. The van der Waals surface area contributed by atoms with Crippen molar-refractivity contribution < 1.29 is 0 Å². The van der Waals surface area contributed by atoms with Crippen molar-refractivity contribution in [2.24, 2.45) is 5.73 Å². The normalized spacial score (nSPS) is 12.7. The third kappa shape index (κ3) is 6.20. The average molecular weight is 207 g/mol. The third-order valence-corrected chi connectivity index (χ3v) is 2.33. The van der Waals surface area contributed by atoms with Crippen LogP contribution in [0.4, 0.5) is 0 Å². The molecule has 0 aliphatic rings. The molecule has 0 saturated heterocycles. The molecule has 1 aromatic rings. The lowest BCUT2D eigenvalue weighted by Crippen LogP contribution is -2.21. The molecule has 0 amide bonds. The molecule has 84 valence electrons. The minimum Gasteiger partial charge on any atom is -0.328 e. The molecule has 3 nitrogen and oxygen atoms in total. The first-order chi connectivity index (χ1) is 7.29. The molecule has 1 rings (SSSR count). The zero-order valence-corrected chi connectivity index (χ0v) is 9.45. The Hall–Kier alpha value is -0.930. The van der Waals surface area contributed by atoms with Gasteiger partial charge in [0.25, 0.3) is 0 Å². The highest BCUT2D eigenvalue weighted by molar-refractivity contribution is 5.08. The molecule has 0 aliphatic heterocycles. The topological polar surface area (TPSA) is 50.9 Å². The summed E-state index contributed by atoms with van der Waals surface area (Å²) < 4.78 is 0. The Labute approximate surface area is 92.1 Å². The maximum atomic E-state index is 5.66. The maximum absolute atomic E-state index is 5.66. The number of nitrogens with one attached hydrogen (secondary N) is 1. The second kappa shape index (κ2) is 7.37. The number of pyridine rings is 1. The fourth-order valence-electron chi connectivity index (χ4n) is 1.45. The zero-order valence-electron chi connectivity index (χ0n) is 9.45. The van der Waals surface area contributed by atoms with Gasteiger partial charge in [-0.3, -0.25) is 4.98 Å². The summed E-state index contributed by atoms with van der Waals surface area (Å²) in [5.41, 5.74) is 6.95. The van der Waals surface area contributed by atoms with E-state index in [4.69, 9.17) is 5.73 Å². The zero-order chi connectivity index (χ0) is 10.9. The van der Waals surface area contributed by atoms with Gasteiger partial charge in [-0.2, -0.15) is 0 Å². The molecule has 0 aromatic carbocycles. The van der Waals surface area contributed by atoms with Gasteiger partial charge >= 0.3 is 0 Å². The largest absolute Gasteiger partial charge is 0.328 e. The van der Waals surface area contributed by atoms with Crippen molar-refractivity contribution in [2.45, 2.75) is 32.2 Å². The van der Waals surface area contributed by atoms with Gasteiger partial charge in [-0.15, -0.1) is 0 Å². The molecule has 3 heteroatoms. The average Bonchev–Trinajstić information content (AvgIpc) is 2.24. The Balaban J connectivity index is 1.98. The lowest BCUT2D eigenvalue weighted by atomic mass is 10.2. The molecule has 1 atom stereocenters. The van der Waals surface area contributed by atoms with Crippen LogP contribution in [0.25, 0.3) is 0 Å². The van der Waals surface area contributed by atoms with Crippen molar-refractivity contribution >= 4 is 0 Å². The van der Waals surface area contributed by atoms with Gasteiger partial charge in [0.05, 0.1) is 0 Å². The number of nitrogens with zero attached hydrogens (tertiary/aromatic N) is 1. The van der Waals surface area contributed by atoms with E-state index in [1.165, 1.54) is 5.56 Å². The Kier molecular flexibility index (Phi) is 5.97. The summed E-state index contributed by atoms with van der Waals surface area (Å²) in [6.45, 7) is 4.13. The minimum absolute atomic E-state index is 0.324. The Morgan fingerprint density at radius 3 is 3.00 bits per heavy atom. The molecule has 0 fully saturated rings. The van der Waals surface area contributed by atoms with E-state index in [0.29, 0.717) is 6.04 Å². The molecule has 0 spiro atoms. The predicted octanol–water partition coefficient (Wildman–Crippen LogP) is 1.34. The lowest BCUT2D eigenvalue weighted by molar-refractivity contribution is 0.575. The number of hydrogen-bond acceptors (Lipinski definition) is 3. The molecule has 0 aliphatic carbocycles. The third-order valence-electron chi connectivity index (χ3n) is 2.33. The summed E-state index contributed by atoms with van der Waals surface area (Å²) in [7, 11) is 0. The van der Waals surface area contributed by atoms with E-state index in [-0.39, 0.29) is 0 Å². The van der Waals surface area contributed by atoms with Crippen molar-refractivity contribution in [1.29, 1.82) is 0 Å². The molecule has 1 unspecified atom stereocenters. The summed E-state index contributed by atoms with van der Waals surface area (Å²) in [5.74, 6) is 0. The van der Waals surface area contributed by atoms with Gasteiger partial charge in [0.2, 0.25) is 0 Å². The van der Waals surface area contributed by atoms with Crippen molar-refractivity contribution in [1.82, 2.24) is 10.3 Å². The second-order valence-corrected chi connectivity index (χ2v) is 3.98. The van der Waals surface area contributed by atoms with Crippen LogP contribution in [-0.2, 0) is 6.42 Å². The summed E-state index contributed by atoms with van der Waals surface area (Å²) in [6.07, 6.45) is 7.03. The van der Waals surface area contributed by atoms with Crippen molar-refractivity contribution in [3.63, 3.8) is 0 Å². The monoisotopic (exact) mass is 207 g/mol. The van der Waals surface area contributed by atoms with Gasteiger partial charge in [-0.1, -0.05) is 6.07 Å². The predicted molar refractivity (Wildman–Crippen MR) is 63.7 cm³/mol. The van der Waals surface area contributed by atoms with Crippen LogP contribution >= 0.6 is 0 Å². The van der Waals surface area contributed by atoms with E-state index in [0.717, 1.165) is 32.4 Å². The van der Waals surface area contributed by atoms with Crippen molar-refractivity contribution in [3.8, 4) is 0 Å². The molecule has 0 bridgehead atoms. The molecule has 15 heavy (non-hydrogen) atoms. The van der Waals surface area contributed by atoms with Gasteiger partial charge in [-0.05, 0) is 50.9 Å². The Morgan fingerprint density at radius 2 is 2.33 bits per heavy atom. The van der Waals surface area contributed by atoms with E-state index in [2.05, 4.69) is 23.3 Å². The van der Waals surface area contributed by atoms with Crippen LogP contribution in [0.5, 0.6) is 0 Å². The minimum atomic E-state index is 0.324. The standard InChI is InChI=1S/C12H21N3/c1-11(13)4-2-7-14-9-6-12-5-3-8-15-10-12/h3,5,8,10-11,14H,2,4,6-7,9,13H2,1H3. The first kappa shape index (κ1) is 12.1. The Morgan fingerprint density at radius 1 is 1.47 bits per heavy atom. The quantitative estimate of drug-likeness (QED) is 0.663. The summed E-state index contributed by atoms with van der Waals surface area (Å²) in [4.78, 5) is 4.08. The van der Waals surface area contributed by atoms with E-state index < -0.39 is 0 Å². The molecular weight excluding hydrogens is 186 g/mol. The molecule has 1 heterocycles. The smallest absolute Gasteiger partial charge is 0.0300 e. The van der Waals surface area contributed by atoms with Crippen LogP contribution < -0.4 is 11.1 Å². The van der Waals surface area contributed by atoms with Gasteiger partial charge in [0.15, 0.2) is 0 Å². The van der Waals surface area contributed by atoms with Crippen LogP contribution in [0.2, 0.25) is 0 Å². The van der Waals surface area contributed by atoms with Gasteiger partial charge in [0, 0.05) is 18.4 Å². The number of rotatable bonds is 7. The van der Waals surface area contributed by atoms with Gasteiger partial charge in [-0.25, -0.2) is 0 Å². The number of nitrogens with two attached hydrogens (primary N) is 1. The van der Waals surface area contributed by atoms with E-state index in [9.17, 15) is 0 Å². The molecule has 1 aromatic heterocycles. The highest BCUT2D eigenvalue weighted by Gasteiger charge is 1.94. The van der Waals surface area contributed by atoms with Crippen LogP contribution in [0.1, 0.15) is 25.3 Å². The van der Waals surface area contributed by atoms with Crippen LogP contribution in [-0.4, -0.2) is 24.1 Å². The molecule has 0 saturated carbocycles. The van der Waals surface area contributed by atoms with Crippen molar-refractivity contribution in [3.05, 3.63) is 30.1 Å². The molecule has 3 N–H and O–H groups in total.